The second kappa shape index (κ2) is 6.60. The van der Waals surface area contributed by atoms with Gasteiger partial charge in [-0.15, -0.1) is 0 Å². The molecule has 1 heterocycles. The number of likely N-dealkylation sites (tertiary alicyclic amines) is 1. The summed E-state index contributed by atoms with van der Waals surface area (Å²) in [7, 11) is -3.07. The smallest absolute Gasteiger partial charge is 0.159 e. The molecule has 1 aliphatic heterocycles. The monoisotopic (exact) mass is 333 g/mol. The van der Waals surface area contributed by atoms with E-state index in [2.05, 4.69) is 0 Å². The molecule has 22 heavy (non-hydrogen) atoms. The molecule has 1 N–H and O–H groups in total. The molecule has 0 aliphatic carbocycles. The lowest BCUT2D eigenvalue weighted by Crippen LogP contribution is -2.32. The summed E-state index contributed by atoms with van der Waals surface area (Å²) in [6, 6.07) is 3.50. The van der Waals surface area contributed by atoms with Crippen LogP contribution in [0, 0.1) is 17.6 Å². The lowest BCUT2D eigenvalue weighted by molar-refractivity contribution is 0.169. The van der Waals surface area contributed by atoms with Gasteiger partial charge in [0.25, 0.3) is 0 Å². The highest BCUT2D eigenvalue weighted by Crippen LogP contribution is 2.33. The maximum atomic E-state index is 13.4. The van der Waals surface area contributed by atoms with Crippen LogP contribution in [0.15, 0.2) is 18.2 Å². The van der Waals surface area contributed by atoms with Crippen molar-refractivity contribution in [2.75, 3.05) is 25.1 Å². The van der Waals surface area contributed by atoms with Gasteiger partial charge < -0.3 is 5.11 Å². The number of aliphatic hydroxyl groups excluding tert-OH is 1. The van der Waals surface area contributed by atoms with E-state index in [0.29, 0.717) is 25.1 Å². The van der Waals surface area contributed by atoms with E-state index >= 15 is 0 Å². The van der Waals surface area contributed by atoms with Gasteiger partial charge >= 0.3 is 0 Å². The highest BCUT2D eigenvalue weighted by atomic mass is 32.2. The number of halogens is 2. The van der Waals surface area contributed by atoms with Crippen LogP contribution in [0.3, 0.4) is 0 Å². The van der Waals surface area contributed by atoms with Crippen LogP contribution in [0.2, 0.25) is 0 Å². The van der Waals surface area contributed by atoms with Crippen molar-refractivity contribution in [2.24, 2.45) is 5.92 Å². The summed E-state index contributed by atoms with van der Waals surface area (Å²) in [4.78, 5) is 1.94. The maximum Gasteiger partial charge on any atom is 0.159 e. The first-order chi connectivity index (χ1) is 10.2. The number of rotatable bonds is 5. The fourth-order valence-corrected chi connectivity index (χ4v) is 4.26. The van der Waals surface area contributed by atoms with E-state index < -0.39 is 27.6 Å². The molecule has 1 aromatic rings. The Kier molecular flexibility index (Phi) is 5.19. The largest absolute Gasteiger partial charge is 0.392 e. The minimum atomic E-state index is -3.07. The van der Waals surface area contributed by atoms with Crippen molar-refractivity contribution >= 4 is 9.84 Å². The molecule has 0 aromatic heterocycles. The summed E-state index contributed by atoms with van der Waals surface area (Å²) in [5.41, 5.74) is 0.599. The van der Waals surface area contributed by atoms with Crippen LogP contribution >= 0.6 is 0 Å². The Morgan fingerprint density at radius 1 is 1.36 bits per heavy atom. The Labute approximate surface area is 129 Å². The van der Waals surface area contributed by atoms with E-state index in [1.165, 1.54) is 12.3 Å². The first kappa shape index (κ1) is 17.3. The summed E-state index contributed by atoms with van der Waals surface area (Å²) in [6.45, 7) is 2.71. The van der Waals surface area contributed by atoms with Crippen molar-refractivity contribution in [3.05, 3.63) is 35.4 Å². The van der Waals surface area contributed by atoms with Crippen LogP contribution < -0.4 is 0 Å². The Hall–Kier alpha value is -1.05. The zero-order valence-electron chi connectivity index (χ0n) is 12.7. The summed E-state index contributed by atoms with van der Waals surface area (Å²) < 4.78 is 49.2. The van der Waals surface area contributed by atoms with Gasteiger partial charge in [-0.1, -0.05) is 13.0 Å². The van der Waals surface area contributed by atoms with Crippen LogP contribution in [-0.4, -0.2) is 49.6 Å². The molecule has 2 rings (SSSR count). The molecule has 0 amide bonds. The average molecular weight is 333 g/mol. The molecular formula is C15H21F2NO3S. The van der Waals surface area contributed by atoms with Gasteiger partial charge in [0.15, 0.2) is 11.6 Å². The highest BCUT2D eigenvalue weighted by Gasteiger charge is 2.33. The third kappa shape index (κ3) is 4.47. The fourth-order valence-electron chi connectivity index (χ4n) is 3.12. The SMILES string of the molecule is CC(CN1CC(O)CC1c1ccc(F)c(F)c1)CS(C)(=O)=O. The molecule has 3 atom stereocenters. The van der Waals surface area contributed by atoms with E-state index in [1.807, 2.05) is 11.8 Å². The van der Waals surface area contributed by atoms with Gasteiger partial charge in [0.1, 0.15) is 9.84 Å². The number of hydrogen-bond donors (Lipinski definition) is 1. The Morgan fingerprint density at radius 2 is 2.05 bits per heavy atom. The summed E-state index contributed by atoms with van der Waals surface area (Å²) in [5.74, 6) is -1.86. The van der Waals surface area contributed by atoms with Crippen LogP contribution in [0.5, 0.6) is 0 Å². The second-order valence-corrected chi connectivity index (χ2v) is 8.42. The van der Waals surface area contributed by atoms with Crippen molar-refractivity contribution in [3.8, 4) is 0 Å². The number of benzene rings is 1. The van der Waals surface area contributed by atoms with Gasteiger partial charge in [-0.05, 0) is 30.0 Å². The summed E-state index contributed by atoms with van der Waals surface area (Å²) >= 11 is 0. The quantitative estimate of drug-likeness (QED) is 0.892. The molecule has 124 valence electrons. The normalized spacial score (nSPS) is 24.6. The van der Waals surface area contributed by atoms with Gasteiger partial charge in [-0.2, -0.15) is 0 Å². The number of aliphatic hydroxyl groups is 1. The van der Waals surface area contributed by atoms with Gasteiger partial charge in [-0.25, -0.2) is 17.2 Å². The second-order valence-electron chi connectivity index (χ2n) is 6.23. The summed E-state index contributed by atoms with van der Waals surface area (Å²) in [6.07, 6.45) is 1.06. The van der Waals surface area contributed by atoms with Crippen molar-refractivity contribution in [3.63, 3.8) is 0 Å². The summed E-state index contributed by atoms with van der Waals surface area (Å²) in [5, 5.41) is 9.87. The lowest BCUT2D eigenvalue weighted by atomic mass is 10.0. The van der Waals surface area contributed by atoms with Crippen molar-refractivity contribution < 1.29 is 22.3 Å². The molecule has 7 heteroatoms. The number of sulfone groups is 1. The zero-order valence-corrected chi connectivity index (χ0v) is 13.5. The predicted octanol–water partition coefficient (Wildman–Crippen LogP) is 1.75. The zero-order chi connectivity index (χ0) is 16.5. The highest BCUT2D eigenvalue weighted by molar-refractivity contribution is 7.90. The van der Waals surface area contributed by atoms with Gasteiger partial charge in [0, 0.05) is 25.4 Å². The van der Waals surface area contributed by atoms with Crippen LogP contribution in [0.4, 0.5) is 8.78 Å². The van der Waals surface area contributed by atoms with Gasteiger partial charge in [0.05, 0.1) is 11.9 Å². The predicted molar refractivity (Wildman–Crippen MR) is 80.2 cm³/mol. The van der Waals surface area contributed by atoms with Crippen LogP contribution in [-0.2, 0) is 9.84 Å². The molecule has 0 saturated carbocycles. The van der Waals surface area contributed by atoms with Crippen molar-refractivity contribution in [2.45, 2.75) is 25.5 Å². The lowest BCUT2D eigenvalue weighted by Gasteiger charge is -2.27. The van der Waals surface area contributed by atoms with Crippen LogP contribution in [0.25, 0.3) is 0 Å². The molecule has 3 unspecified atom stereocenters. The molecule has 0 spiro atoms. The maximum absolute atomic E-state index is 13.4. The average Bonchev–Trinajstić information content (AvgIpc) is 2.71. The molecule has 1 fully saturated rings. The molecule has 4 nitrogen and oxygen atoms in total. The van der Waals surface area contributed by atoms with Crippen molar-refractivity contribution in [1.82, 2.24) is 4.90 Å². The number of β-amino-alcohol motifs (C(OH)–C–C–N with tert-alkyl or cyclic N) is 1. The third-order valence-electron chi connectivity index (χ3n) is 3.84. The topological polar surface area (TPSA) is 57.6 Å². The first-order valence-corrected chi connectivity index (χ1v) is 9.26. The van der Waals surface area contributed by atoms with Gasteiger partial charge in [0.2, 0.25) is 0 Å². The van der Waals surface area contributed by atoms with E-state index in [9.17, 15) is 22.3 Å². The van der Waals surface area contributed by atoms with E-state index in [0.717, 1.165) is 12.1 Å². The fraction of sp³-hybridized carbons (Fsp3) is 0.600. The standard InChI is InChI=1S/C15H21F2NO3S/c1-10(9-22(2,20)21)7-18-8-12(19)6-15(18)11-3-4-13(16)14(17)5-11/h3-5,10,12,15,19H,6-9H2,1-2H3. The molecule has 1 saturated heterocycles. The Bertz CT molecular complexity index is 636. The van der Waals surface area contributed by atoms with E-state index in [4.69, 9.17) is 0 Å². The van der Waals surface area contributed by atoms with E-state index in [-0.39, 0.29) is 17.7 Å². The van der Waals surface area contributed by atoms with Gasteiger partial charge in [-0.3, -0.25) is 4.90 Å². The Balaban J connectivity index is 2.13. The minimum absolute atomic E-state index is 0.0596. The molecule has 0 bridgehead atoms. The number of nitrogens with zero attached hydrogens (tertiary/aromatic N) is 1. The number of hydrogen-bond acceptors (Lipinski definition) is 4. The third-order valence-corrected chi connectivity index (χ3v) is 5.02. The molecule has 1 aromatic carbocycles. The minimum Gasteiger partial charge on any atom is -0.392 e. The molecule has 0 radical (unpaired) electrons. The molecule has 1 aliphatic rings. The van der Waals surface area contributed by atoms with Crippen LogP contribution in [0.1, 0.15) is 24.9 Å². The van der Waals surface area contributed by atoms with E-state index in [1.54, 1.807) is 0 Å². The Morgan fingerprint density at radius 3 is 2.64 bits per heavy atom. The first-order valence-electron chi connectivity index (χ1n) is 7.20. The molecular weight excluding hydrogens is 312 g/mol. The van der Waals surface area contributed by atoms with Crippen molar-refractivity contribution in [1.29, 1.82) is 0 Å².